The van der Waals surface area contributed by atoms with Crippen LogP contribution in [0.15, 0.2) is 72.8 Å². The molecular weight excluding hydrogens is 604 g/mol. The van der Waals surface area contributed by atoms with Crippen LogP contribution in [0.5, 0.6) is 40.2 Å². The first kappa shape index (κ1) is 37.9. The van der Waals surface area contributed by atoms with Crippen LogP contribution in [0.1, 0.15) is 93.0 Å². The minimum absolute atomic E-state index is 0.0403. The van der Waals surface area contributed by atoms with Crippen LogP contribution in [-0.2, 0) is 25.7 Å². The quantitative estimate of drug-likeness (QED) is 0.0469. The molecule has 0 fully saturated rings. The number of unbranched alkanes of at least 4 members (excludes halogenated alkanes) is 2. The Morgan fingerprint density at radius 3 is 1.06 bits per heavy atom. The molecule has 0 aromatic heterocycles. The van der Waals surface area contributed by atoms with Crippen LogP contribution in [0.4, 0.5) is 0 Å². The molecule has 0 saturated carbocycles. The van der Waals surface area contributed by atoms with Gasteiger partial charge in [-0.2, -0.15) is 0 Å². The molecule has 2 atom stereocenters. The van der Waals surface area contributed by atoms with Crippen molar-refractivity contribution in [3.8, 4) is 40.2 Å². The van der Waals surface area contributed by atoms with Gasteiger partial charge in [0, 0.05) is 0 Å². The van der Waals surface area contributed by atoms with Crippen molar-refractivity contribution < 1.29 is 35.7 Å². The third-order valence-corrected chi connectivity index (χ3v) is 9.07. The number of aryl methyl sites for hydroxylation is 5. The molecule has 0 unspecified atom stereocenters. The number of benzene rings is 4. The van der Waals surface area contributed by atoms with Gasteiger partial charge in [0.15, 0.2) is 34.5 Å². The zero-order chi connectivity index (χ0) is 35.1. The molecule has 0 radical (unpaired) electrons. The summed E-state index contributed by atoms with van der Waals surface area (Å²) < 4.78 is 0. The van der Waals surface area contributed by atoms with E-state index in [1.54, 1.807) is 24.3 Å². The molecule has 48 heavy (non-hydrogen) atoms. The number of hydrogen-bond donors (Lipinski definition) is 7. The Bertz CT molecular complexity index is 1450. The zero-order valence-corrected chi connectivity index (χ0v) is 28.7. The molecule has 0 aliphatic heterocycles. The fourth-order valence-electron chi connectivity index (χ4n) is 5.74. The maximum absolute atomic E-state index is 9.73. The van der Waals surface area contributed by atoms with Gasteiger partial charge in [-0.1, -0.05) is 69.9 Å². The van der Waals surface area contributed by atoms with Gasteiger partial charge in [0.1, 0.15) is 5.75 Å². The maximum Gasteiger partial charge on any atom is 0.157 e. The van der Waals surface area contributed by atoms with Crippen LogP contribution < -0.4 is 0 Å². The Morgan fingerprint density at radius 2 is 0.708 bits per heavy atom. The molecule has 0 saturated heterocycles. The fourth-order valence-corrected chi connectivity index (χ4v) is 5.74. The molecular formula is C41H54O7. The number of hydrogen-bond acceptors (Lipinski definition) is 7. The molecule has 260 valence electrons. The molecule has 4 rings (SSSR count). The van der Waals surface area contributed by atoms with Gasteiger partial charge < -0.3 is 35.7 Å². The van der Waals surface area contributed by atoms with E-state index in [-0.39, 0.29) is 34.5 Å². The van der Waals surface area contributed by atoms with E-state index < -0.39 is 0 Å². The summed E-state index contributed by atoms with van der Waals surface area (Å²) in [5.41, 5.74) is 5.26. The van der Waals surface area contributed by atoms with Crippen molar-refractivity contribution in [2.24, 2.45) is 11.8 Å². The van der Waals surface area contributed by atoms with Gasteiger partial charge in [0.2, 0.25) is 0 Å². The highest BCUT2D eigenvalue weighted by atomic mass is 16.3. The topological polar surface area (TPSA) is 142 Å². The lowest BCUT2D eigenvalue weighted by Crippen LogP contribution is -1.98. The smallest absolute Gasteiger partial charge is 0.157 e. The molecule has 0 heterocycles. The van der Waals surface area contributed by atoms with Gasteiger partial charge in [0.05, 0.1) is 0 Å². The van der Waals surface area contributed by atoms with Crippen molar-refractivity contribution >= 4 is 0 Å². The molecule has 7 N–H and O–H groups in total. The van der Waals surface area contributed by atoms with Crippen LogP contribution >= 0.6 is 0 Å². The van der Waals surface area contributed by atoms with Gasteiger partial charge in [0.25, 0.3) is 0 Å². The van der Waals surface area contributed by atoms with E-state index in [9.17, 15) is 35.7 Å². The van der Waals surface area contributed by atoms with Gasteiger partial charge in [-0.05, 0) is 140 Å². The normalized spacial score (nSPS) is 12.2. The number of aromatic hydroxyl groups is 7. The third kappa shape index (κ3) is 13.3. The van der Waals surface area contributed by atoms with Gasteiger partial charge in [-0.15, -0.1) is 0 Å². The summed E-state index contributed by atoms with van der Waals surface area (Å²) in [6, 6.07) is 21.0. The molecule has 0 amide bonds. The highest BCUT2D eigenvalue weighted by Crippen LogP contribution is 2.29. The predicted molar refractivity (Wildman–Crippen MR) is 192 cm³/mol. The van der Waals surface area contributed by atoms with Crippen LogP contribution in [0.3, 0.4) is 0 Å². The summed E-state index contributed by atoms with van der Waals surface area (Å²) in [7, 11) is 0. The molecule has 7 nitrogen and oxygen atoms in total. The first-order valence-corrected chi connectivity index (χ1v) is 17.2. The fraction of sp³-hybridized carbons (Fsp3) is 0.415. The standard InChI is InChI=1S/C21H28O3.C20H26O4/c1-15(7-9-18-11-12-19(22)21(24)14-18)5-3-4-6-17-10-8-16(2)20(23)13-17;1-14(6-7-16-9-11-18(22)20(24)13-16)4-2-3-5-15-8-10-17(21)19(23)12-15/h8,10-15,22-24H,3-7,9H2,1-2H3;8-14,21-24H,2-7H2,1H3/t15-;14-/m00/s1. The van der Waals surface area contributed by atoms with Crippen LogP contribution in [0.25, 0.3) is 0 Å². The van der Waals surface area contributed by atoms with Gasteiger partial charge in [-0.3, -0.25) is 0 Å². The Labute approximate surface area is 285 Å². The van der Waals surface area contributed by atoms with E-state index in [1.807, 2.05) is 37.3 Å². The van der Waals surface area contributed by atoms with Crippen molar-refractivity contribution in [2.45, 2.75) is 97.8 Å². The molecule has 0 aliphatic carbocycles. The molecule has 0 spiro atoms. The predicted octanol–water partition coefficient (Wildman–Crippen LogP) is 9.58. The van der Waals surface area contributed by atoms with E-state index in [1.165, 1.54) is 30.5 Å². The molecule has 4 aromatic rings. The number of phenols is 7. The summed E-state index contributed by atoms with van der Waals surface area (Å²) in [4.78, 5) is 0. The minimum atomic E-state index is -0.0768. The zero-order valence-electron chi connectivity index (χ0n) is 28.7. The van der Waals surface area contributed by atoms with E-state index in [2.05, 4.69) is 19.9 Å². The van der Waals surface area contributed by atoms with Crippen LogP contribution in [0, 0.1) is 18.8 Å². The van der Waals surface area contributed by atoms with E-state index >= 15 is 0 Å². The maximum atomic E-state index is 9.73. The highest BCUT2D eigenvalue weighted by Gasteiger charge is 2.08. The monoisotopic (exact) mass is 658 g/mol. The van der Waals surface area contributed by atoms with Crippen molar-refractivity contribution in [1.82, 2.24) is 0 Å². The van der Waals surface area contributed by atoms with Crippen molar-refractivity contribution in [1.29, 1.82) is 0 Å². The molecule has 4 aromatic carbocycles. The van der Waals surface area contributed by atoms with Crippen molar-refractivity contribution in [2.75, 3.05) is 0 Å². The lowest BCUT2D eigenvalue weighted by atomic mass is 9.95. The van der Waals surface area contributed by atoms with Crippen molar-refractivity contribution in [3.05, 3.63) is 101 Å². The summed E-state index contributed by atoms with van der Waals surface area (Å²) in [5, 5.41) is 66.1. The van der Waals surface area contributed by atoms with Gasteiger partial charge in [-0.25, -0.2) is 0 Å². The second kappa shape index (κ2) is 19.3. The molecule has 0 aliphatic rings. The summed E-state index contributed by atoms with van der Waals surface area (Å²) >= 11 is 0. The average Bonchev–Trinajstić information content (AvgIpc) is 3.06. The lowest BCUT2D eigenvalue weighted by Gasteiger charge is -2.12. The first-order chi connectivity index (χ1) is 22.9. The Kier molecular flexibility index (Phi) is 15.3. The van der Waals surface area contributed by atoms with E-state index in [0.717, 1.165) is 86.5 Å². The average molecular weight is 659 g/mol. The summed E-state index contributed by atoms with van der Waals surface area (Å²) in [6.45, 7) is 6.40. The molecule has 7 heteroatoms. The van der Waals surface area contributed by atoms with Crippen molar-refractivity contribution in [3.63, 3.8) is 0 Å². The Hall–Kier alpha value is -4.52. The minimum Gasteiger partial charge on any atom is -0.508 e. The largest absolute Gasteiger partial charge is 0.508 e. The van der Waals surface area contributed by atoms with E-state index in [0.29, 0.717) is 17.6 Å². The second-order valence-corrected chi connectivity index (χ2v) is 13.4. The van der Waals surface area contributed by atoms with E-state index in [4.69, 9.17) is 0 Å². The summed E-state index contributed by atoms with van der Waals surface area (Å²) in [6.07, 6.45) is 12.6. The number of phenolic OH excluding ortho intramolecular Hbond substituents is 7. The van der Waals surface area contributed by atoms with Crippen LogP contribution in [0.2, 0.25) is 0 Å². The highest BCUT2D eigenvalue weighted by molar-refractivity contribution is 5.42. The first-order valence-electron chi connectivity index (χ1n) is 17.2. The summed E-state index contributed by atoms with van der Waals surface area (Å²) in [5.74, 6) is 1.24. The second-order valence-electron chi connectivity index (χ2n) is 13.4. The Morgan fingerprint density at radius 1 is 0.375 bits per heavy atom. The number of rotatable bonds is 16. The lowest BCUT2D eigenvalue weighted by molar-refractivity contribution is 0.402. The third-order valence-electron chi connectivity index (χ3n) is 9.07. The SMILES string of the molecule is C[C@@H](CCCCc1ccc(O)c(O)c1)CCc1ccc(O)c(O)c1.Cc1ccc(CCCC[C@H](C)CCc2ccc(O)c(O)c2)cc1O. The Balaban J connectivity index is 0.000000260. The van der Waals surface area contributed by atoms with Gasteiger partial charge >= 0.3 is 0 Å². The molecule has 0 bridgehead atoms. The van der Waals surface area contributed by atoms with Crippen LogP contribution in [-0.4, -0.2) is 35.7 Å².